The summed E-state index contributed by atoms with van der Waals surface area (Å²) in [6.45, 7) is 0. The van der Waals surface area contributed by atoms with Crippen molar-refractivity contribution in [2.24, 2.45) is 0 Å². The zero-order chi connectivity index (χ0) is 15.9. The van der Waals surface area contributed by atoms with Crippen LogP contribution in [0.3, 0.4) is 0 Å². The number of aromatic amines is 1. The van der Waals surface area contributed by atoms with E-state index in [2.05, 4.69) is 27.4 Å². The van der Waals surface area contributed by atoms with E-state index >= 15 is 0 Å². The van der Waals surface area contributed by atoms with E-state index in [1.807, 2.05) is 48.7 Å². The van der Waals surface area contributed by atoms with E-state index in [0.29, 0.717) is 0 Å². The summed E-state index contributed by atoms with van der Waals surface area (Å²) in [7, 11) is 0. The average Bonchev–Trinajstić information content (AvgIpc) is 3.08. The minimum atomic E-state index is -0.141. The molecule has 1 amide bonds. The van der Waals surface area contributed by atoms with Crippen LogP contribution >= 0.6 is 0 Å². The summed E-state index contributed by atoms with van der Waals surface area (Å²) in [6.07, 6.45) is 7.66. The van der Waals surface area contributed by atoms with Crippen LogP contribution in [-0.4, -0.2) is 15.9 Å². The largest absolute Gasteiger partial charge is 0.348 e. The average molecular weight is 303 g/mol. The van der Waals surface area contributed by atoms with E-state index in [4.69, 9.17) is 0 Å². The Balaban J connectivity index is 1.58. The van der Waals surface area contributed by atoms with Crippen LogP contribution in [0.2, 0.25) is 0 Å². The predicted molar refractivity (Wildman–Crippen MR) is 91.9 cm³/mol. The van der Waals surface area contributed by atoms with Gasteiger partial charge in [-0.3, -0.25) is 4.79 Å². The third-order valence-electron chi connectivity index (χ3n) is 3.40. The Labute approximate surface area is 134 Å². The summed E-state index contributed by atoms with van der Waals surface area (Å²) in [5.74, 6) is -0.141. The standard InChI is InChI=1S/C19H17N3O/c23-19(22-17-4-2-1-3-5-17)11-10-15-6-8-16(9-7-15)12-18-13-20-14-21-18/h1-11,13-14H,12H2,(H,20,21)(H,22,23)/b11-10+. The second kappa shape index (κ2) is 7.22. The molecule has 0 aliphatic rings. The highest BCUT2D eigenvalue weighted by atomic mass is 16.1. The first kappa shape index (κ1) is 14.8. The second-order valence-electron chi connectivity index (χ2n) is 5.18. The Morgan fingerprint density at radius 1 is 1.09 bits per heavy atom. The zero-order valence-corrected chi connectivity index (χ0v) is 12.6. The number of hydrogen-bond donors (Lipinski definition) is 2. The maximum absolute atomic E-state index is 11.9. The van der Waals surface area contributed by atoms with Crippen LogP contribution in [-0.2, 0) is 11.2 Å². The van der Waals surface area contributed by atoms with Gasteiger partial charge in [-0.2, -0.15) is 0 Å². The number of H-pyrrole nitrogens is 1. The molecule has 114 valence electrons. The topological polar surface area (TPSA) is 57.8 Å². The monoisotopic (exact) mass is 303 g/mol. The van der Waals surface area contributed by atoms with Gasteiger partial charge >= 0.3 is 0 Å². The number of anilines is 1. The van der Waals surface area contributed by atoms with Gasteiger partial charge in [0.05, 0.1) is 6.33 Å². The van der Waals surface area contributed by atoms with Crippen molar-refractivity contribution in [2.45, 2.75) is 6.42 Å². The maximum atomic E-state index is 11.9. The molecule has 3 rings (SSSR count). The lowest BCUT2D eigenvalue weighted by Crippen LogP contribution is -2.07. The molecule has 0 unspecified atom stereocenters. The minimum absolute atomic E-state index is 0.141. The lowest BCUT2D eigenvalue weighted by molar-refractivity contribution is -0.111. The lowest BCUT2D eigenvalue weighted by atomic mass is 10.1. The molecule has 0 bridgehead atoms. The molecule has 0 radical (unpaired) electrons. The normalized spacial score (nSPS) is 10.8. The number of aromatic nitrogens is 2. The van der Waals surface area contributed by atoms with E-state index in [1.165, 1.54) is 11.6 Å². The van der Waals surface area contributed by atoms with Gasteiger partial charge in [-0.05, 0) is 29.3 Å². The van der Waals surface area contributed by atoms with Crippen molar-refractivity contribution in [1.82, 2.24) is 9.97 Å². The fourth-order valence-electron chi connectivity index (χ4n) is 2.23. The molecule has 0 spiro atoms. The van der Waals surface area contributed by atoms with Crippen LogP contribution in [0.1, 0.15) is 16.8 Å². The van der Waals surface area contributed by atoms with Crippen molar-refractivity contribution in [3.05, 3.63) is 90.0 Å². The number of carbonyl (C=O) groups is 1. The Morgan fingerprint density at radius 3 is 2.57 bits per heavy atom. The lowest BCUT2D eigenvalue weighted by Gasteiger charge is -2.01. The molecule has 23 heavy (non-hydrogen) atoms. The van der Waals surface area contributed by atoms with Gasteiger partial charge in [0.15, 0.2) is 0 Å². The Bertz CT molecular complexity index is 775. The number of para-hydroxylation sites is 1. The fraction of sp³-hybridized carbons (Fsp3) is 0.0526. The molecule has 0 saturated carbocycles. The molecule has 2 aromatic carbocycles. The molecular weight excluding hydrogens is 286 g/mol. The number of imidazole rings is 1. The van der Waals surface area contributed by atoms with Crippen LogP contribution in [0, 0.1) is 0 Å². The second-order valence-corrected chi connectivity index (χ2v) is 5.18. The van der Waals surface area contributed by atoms with Crippen molar-refractivity contribution in [3.8, 4) is 0 Å². The SMILES string of the molecule is O=C(/C=C/c1ccc(Cc2cnc[nH]2)cc1)Nc1ccccc1. The molecule has 3 aromatic rings. The number of nitrogens with one attached hydrogen (secondary N) is 2. The molecular formula is C19H17N3O. The first-order valence-electron chi connectivity index (χ1n) is 7.40. The van der Waals surface area contributed by atoms with Crippen LogP contribution in [0.4, 0.5) is 5.69 Å². The molecule has 1 aromatic heterocycles. The van der Waals surface area contributed by atoms with Crippen molar-refractivity contribution < 1.29 is 4.79 Å². The summed E-state index contributed by atoms with van der Waals surface area (Å²) >= 11 is 0. The highest BCUT2D eigenvalue weighted by Crippen LogP contribution is 2.10. The van der Waals surface area contributed by atoms with E-state index in [0.717, 1.165) is 23.4 Å². The summed E-state index contributed by atoms with van der Waals surface area (Å²) < 4.78 is 0. The highest BCUT2D eigenvalue weighted by molar-refractivity contribution is 6.01. The number of rotatable bonds is 5. The molecule has 1 heterocycles. The van der Waals surface area contributed by atoms with Gasteiger partial charge in [0.1, 0.15) is 0 Å². The number of hydrogen-bond acceptors (Lipinski definition) is 2. The van der Waals surface area contributed by atoms with Crippen molar-refractivity contribution in [3.63, 3.8) is 0 Å². The Hall–Kier alpha value is -3.14. The van der Waals surface area contributed by atoms with Crippen molar-refractivity contribution in [1.29, 1.82) is 0 Å². The van der Waals surface area contributed by atoms with Gasteiger partial charge in [0.2, 0.25) is 5.91 Å². The summed E-state index contributed by atoms with van der Waals surface area (Å²) in [6, 6.07) is 17.5. The predicted octanol–water partition coefficient (Wildman–Crippen LogP) is 3.65. The number of carbonyl (C=O) groups excluding carboxylic acids is 1. The first-order chi connectivity index (χ1) is 11.3. The van der Waals surface area contributed by atoms with Gasteiger partial charge in [-0.15, -0.1) is 0 Å². The third kappa shape index (κ3) is 4.41. The summed E-state index contributed by atoms with van der Waals surface area (Å²) in [4.78, 5) is 18.9. The molecule has 2 N–H and O–H groups in total. The fourth-order valence-corrected chi connectivity index (χ4v) is 2.23. The van der Waals surface area contributed by atoms with E-state index in [-0.39, 0.29) is 5.91 Å². The zero-order valence-electron chi connectivity index (χ0n) is 12.6. The highest BCUT2D eigenvalue weighted by Gasteiger charge is 1.99. The van der Waals surface area contributed by atoms with Gasteiger partial charge < -0.3 is 10.3 Å². The van der Waals surface area contributed by atoms with Crippen LogP contribution in [0.25, 0.3) is 6.08 Å². The van der Waals surface area contributed by atoms with E-state index < -0.39 is 0 Å². The quantitative estimate of drug-likeness (QED) is 0.707. The minimum Gasteiger partial charge on any atom is -0.348 e. The Morgan fingerprint density at radius 2 is 1.87 bits per heavy atom. The van der Waals surface area contributed by atoms with Gasteiger partial charge in [0, 0.05) is 30.1 Å². The summed E-state index contributed by atoms with van der Waals surface area (Å²) in [5.41, 5.74) is 4.05. The molecule has 0 fully saturated rings. The van der Waals surface area contributed by atoms with E-state index in [1.54, 1.807) is 12.4 Å². The van der Waals surface area contributed by atoms with E-state index in [9.17, 15) is 4.79 Å². The van der Waals surface area contributed by atoms with Gasteiger partial charge in [-0.1, -0.05) is 42.5 Å². The molecule has 0 aliphatic carbocycles. The van der Waals surface area contributed by atoms with Crippen LogP contribution in [0.15, 0.2) is 73.2 Å². The number of benzene rings is 2. The Kier molecular flexibility index (Phi) is 4.64. The number of amides is 1. The molecule has 0 saturated heterocycles. The third-order valence-corrected chi connectivity index (χ3v) is 3.40. The van der Waals surface area contributed by atoms with Crippen molar-refractivity contribution in [2.75, 3.05) is 5.32 Å². The first-order valence-corrected chi connectivity index (χ1v) is 7.40. The van der Waals surface area contributed by atoms with Crippen molar-refractivity contribution >= 4 is 17.7 Å². The smallest absolute Gasteiger partial charge is 0.248 e. The van der Waals surface area contributed by atoms with Gasteiger partial charge in [-0.25, -0.2) is 4.98 Å². The van der Waals surface area contributed by atoms with Gasteiger partial charge in [0.25, 0.3) is 0 Å². The van der Waals surface area contributed by atoms with Crippen LogP contribution < -0.4 is 5.32 Å². The molecule has 4 heteroatoms. The maximum Gasteiger partial charge on any atom is 0.248 e. The molecule has 0 aliphatic heterocycles. The summed E-state index contributed by atoms with van der Waals surface area (Å²) in [5, 5.41) is 2.82. The molecule has 0 atom stereocenters. The molecule has 4 nitrogen and oxygen atoms in total. The number of nitrogens with zero attached hydrogens (tertiary/aromatic N) is 1. The van der Waals surface area contributed by atoms with Crippen LogP contribution in [0.5, 0.6) is 0 Å².